The van der Waals surface area contributed by atoms with Crippen LogP contribution in [0.15, 0.2) is 71.8 Å². The summed E-state index contributed by atoms with van der Waals surface area (Å²) in [6, 6.07) is 22.7. The van der Waals surface area contributed by atoms with Crippen molar-refractivity contribution >= 4 is 22.9 Å². The van der Waals surface area contributed by atoms with Gasteiger partial charge in [0.25, 0.3) is 5.91 Å². The Hall–Kier alpha value is -3.65. The molecule has 0 radical (unpaired) electrons. The zero-order chi connectivity index (χ0) is 17.5. The lowest BCUT2D eigenvalue weighted by molar-refractivity contribution is -0.123. The number of rotatable bonds is 5. The number of para-hydroxylation sites is 1. The molecule has 3 aromatic rings. The molecule has 0 aliphatic heterocycles. The molecule has 0 saturated heterocycles. The molecule has 0 aliphatic rings. The molecule has 3 rings (SSSR count). The van der Waals surface area contributed by atoms with E-state index in [0.717, 1.165) is 16.3 Å². The second-order valence-corrected chi connectivity index (χ2v) is 5.30. The minimum atomic E-state index is -0.398. The van der Waals surface area contributed by atoms with Gasteiger partial charge in [-0.25, -0.2) is 5.43 Å². The van der Waals surface area contributed by atoms with Gasteiger partial charge in [0.15, 0.2) is 6.61 Å². The van der Waals surface area contributed by atoms with Crippen molar-refractivity contribution in [2.45, 2.75) is 0 Å². The second kappa shape index (κ2) is 7.75. The molecule has 0 aromatic heterocycles. The zero-order valence-electron chi connectivity index (χ0n) is 13.3. The average molecular weight is 329 g/mol. The van der Waals surface area contributed by atoms with Crippen LogP contribution in [-0.2, 0) is 4.79 Å². The number of amides is 1. The van der Waals surface area contributed by atoms with E-state index in [-0.39, 0.29) is 6.61 Å². The van der Waals surface area contributed by atoms with E-state index in [9.17, 15) is 4.79 Å². The Kier molecular flexibility index (Phi) is 5.03. The van der Waals surface area contributed by atoms with E-state index in [4.69, 9.17) is 10.00 Å². The van der Waals surface area contributed by atoms with Crippen LogP contribution in [0.2, 0.25) is 0 Å². The van der Waals surface area contributed by atoms with Crippen molar-refractivity contribution in [3.05, 3.63) is 77.9 Å². The molecular weight excluding hydrogens is 314 g/mol. The van der Waals surface area contributed by atoms with Crippen molar-refractivity contribution in [3.63, 3.8) is 0 Å². The Bertz CT molecular complexity index is 974. The minimum Gasteiger partial charge on any atom is -0.482 e. The smallest absolute Gasteiger partial charge is 0.277 e. The van der Waals surface area contributed by atoms with Crippen molar-refractivity contribution in [1.29, 1.82) is 5.26 Å². The predicted molar refractivity (Wildman–Crippen MR) is 96.3 cm³/mol. The van der Waals surface area contributed by atoms with Crippen molar-refractivity contribution in [1.82, 2.24) is 5.43 Å². The van der Waals surface area contributed by atoms with Gasteiger partial charge in [0, 0.05) is 0 Å². The molecule has 0 atom stereocenters. The van der Waals surface area contributed by atoms with Crippen LogP contribution in [0.3, 0.4) is 0 Å². The van der Waals surface area contributed by atoms with Crippen molar-refractivity contribution < 1.29 is 9.53 Å². The molecule has 0 unspecified atom stereocenters. The summed E-state index contributed by atoms with van der Waals surface area (Å²) in [5.41, 5.74) is 3.68. The third-order valence-corrected chi connectivity index (χ3v) is 3.54. The highest BCUT2D eigenvalue weighted by molar-refractivity contribution is 5.90. The van der Waals surface area contributed by atoms with E-state index in [2.05, 4.69) is 10.5 Å². The van der Waals surface area contributed by atoms with Gasteiger partial charge in [0.05, 0.1) is 11.8 Å². The summed E-state index contributed by atoms with van der Waals surface area (Å²) in [6.45, 7) is -0.215. The Balaban J connectivity index is 1.56. The lowest BCUT2D eigenvalue weighted by atomic mass is 10.1. The first-order valence-electron chi connectivity index (χ1n) is 7.69. The van der Waals surface area contributed by atoms with Crippen LogP contribution in [0.4, 0.5) is 0 Å². The van der Waals surface area contributed by atoms with Gasteiger partial charge >= 0.3 is 0 Å². The first kappa shape index (κ1) is 16.2. The third-order valence-electron chi connectivity index (χ3n) is 3.54. The number of ether oxygens (including phenoxy) is 1. The van der Waals surface area contributed by atoms with Gasteiger partial charge in [-0.15, -0.1) is 0 Å². The van der Waals surface area contributed by atoms with E-state index >= 15 is 0 Å². The number of nitrogens with zero attached hydrogens (tertiary/aromatic N) is 2. The Morgan fingerprint density at radius 2 is 1.84 bits per heavy atom. The van der Waals surface area contributed by atoms with Gasteiger partial charge in [-0.3, -0.25) is 4.79 Å². The normalized spacial score (nSPS) is 10.5. The topological polar surface area (TPSA) is 74.5 Å². The Morgan fingerprint density at radius 3 is 2.68 bits per heavy atom. The highest BCUT2D eigenvalue weighted by Crippen LogP contribution is 2.16. The number of hydrogen-bond acceptors (Lipinski definition) is 4. The number of hydrogen-bond donors (Lipinski definition) is 1. The molecule has 0 saturated carbocycles. The Morgan fingerprint density at radius 1 is 1.08 bits per heavy atom. The van der Waals surface area contributed by atoms with Crippen LogP contribution in [0.25, 0.3) is 10.8 Å². The van der Waals surface area contributed by atoms with E-state index in [1.165, 1.54) is 0 Å². The molecule has 0 bridgehead atoms. The van der Waals surface area contributed by atoms with Gasteiger partial charge < -0.3 is 4.74 Å². The molecule has 0 heterocycles. The molecule has 1 amide bonds. The first-order chi connectivity index (χ1) is 12.3. The van der Waals surface area contributed by atoms with Crippen LogP contribution >= 0.6 is 0 Å². The molecule has 5 nitrogen and oxygen atoms in total. The standard InChI is InChI=1S/C20H15N3O2/c21-12-18-7-3-4-8-19(18)25-14-20(24)23-22-13-15-9-10-16-5-1-2-6-17(16)11-15/h1-11,13H,14H2,(H,23,24)/b22-13+. The highest BCUT2D eigenvalue weighted by atomic mass is 16.5. The zero-order valence-corrected chi connectivity index (χ0v) is 13.3. The lowest BCUT2D eigenvalue weighted by Crippen LogP contribution is -2.24. The Labute approximate surface area is 145 Å². The van der Waals surface area contributed by atoms with Gasteiger partial charge in [0.2, 0.25) is 0 Å². The molecule has 122 valence electrons. The molecule has 25 heavy (non-hydrogen) atoms. The van der Waals surface area contributed by atoms with E-state index in [0.29, 0.717) is 11.3 Å². The summed E-state index contributed by atoms with van der Waals surface area (Å²) < 4.78 is 5.34. The van der Waals surface area contributed by atoms with Crippen molar-refractivity contribution in [3.8, 4) is 11.8 Å². The summed E-state index contributed by atoms with van der Waals surface area (Å²) >= 11 is 0. The number of carbonyl (C=O) groups excluding carboxylic acids is 1. The third kappa shape index (κ3) is 4.21. The molecule has 5 heteroatoms. The summed E-state index contributed by atoms with van der Waals surface area (Å²) in [5.74, 6) is -0.0246. The fourth-order valence-corrected chi connectivity index (χ4v) is 2.33. The first-order valence-corrected chi connectivity index (χ1v) is 7.69. The predicted octanol–water partition coefficient (Wildman–Crippen LogP) is 3.24. The summed E-state index contributed by atoms with van der Waals surface area (Å²) in [6.07, 6.45) is 1.58. The van der Waals surface area contributed by atoms with Gasteiger partial charge in [0.1, 0.15) is 11.8 Å². The fourth-order valence-electron chi connectivity index (χ4n) is 2.33. The highest BCUT2D eigenvalue weighted by Gasteiger charge is 2.05. The van der Waals surface area contributed by atoms with Crippen molar-refractivity contribution in [2.75, 3.05) is 6.61 Å². The van der Waals surface area contributed by atoms with Crippen LogP contribution in [0.5, 0.6) is 5.75 Å². The summed E-state index contributed by atoms with van der Waals surface area (Å²) in [4.78, 5) is 11.8. The van der Waals surface area contributed by atoms with E-state index in [1.54, 1.807) is 30.5 Å². The second-order valence-electron chi connectivity index (χ2n) is 5.30. The number of nitrogens with one attached hydrogen (secondary N) is 1. The SMILES string of the molecule is N#Cc1ccccc1OCC(=O)N/N=C/c1ccc2ccccc2c1. The maximum atomic E-state index is 11.8. The number of fused-ring (bicyclic) bond motifs is 1. The average Bonchev–Trinajstić information content (AvgIpc) is 2.66. The van der Waals surface area contributed by atoms with Crippen LogP contribution in [-0.4, -0.2) is 18.7 Å². The van der Waals surface area contributed by atoms with Crippen LogP contribution in [0, 0.1) is 11.3 Å². The quantitative estimate of drug-likeness (QED) is 0.577. The van der Waals surface area contributed by atoms with Gasteiger partial charge in [-0.2, -0.15) is 10.4 Å². The monoisotopic (exact) mass is 329 g/mol. The largest absolute Gasteiger partial charge is 0.482 e. The summed E-state index contributed by atoms with van der Waals surface area (Å²) in [5, 5.41) is 15.2. The van der Waals surface area contributed by atoms with Crippen molar-refractivity contribution in [2.24, 2.45) is 5.10 Å². The molecule has 3 aromatic carbocycles. The molecule has 0 fully saturated rings. The summed E-state index contributed by atoms with van der Waals surface area (Å²) in [7, 11) is 0. The molecule has 0 spiro atoms. The fraction of sp³-hybridized carbons (Fsp3) is 0.0500. The number of carbonyl (C=O) groups is 1. The maximum absolute atomic E-state index is 11.8. The van der Waals surface area contributed by atoms with E-state index < -0.39 is 5.91 Å². The number of benzene rings is 3. The van der Waals surface area contributed by atoms with Gasteiger partial charge in [-0.1, -0.05) is 48.5 Å². The van der Waals surface area contributed by atoms with Gasteiger partial charge in [-0.05, 0) is 34.5 Å². The van der Waals surface area contributed by atoms with E-state index in [1.807, 2.05) is 48.5 Å². The lowest BCUT2D eigenvalue weighted by Gasteiger charge is -2.06. The number of hydrazone groups is 1. The molecule has 1 N–H and O–H groups in total. The maximum Gasteiger partial charge on any atom is 0.277 e. The molecular formula is C20H15N3O2. The van der Waals surface area contributed by atoms with Crippen LogP contribution in [0.1, 0.15) is 11.1 Å². The number of nitriles is 1. The van der Waals surface area contributed by atoms with Crippen LogP contribution < -0.4 is 10.2 Å². The molecule has 0 aliphatic carbocycles. The minimum absolute atomic E-state index is 0.215.